The van der Waals surface area contributed by atoms with Crippen molar-refractivity contribution in [2.45, 2.75) is 6.10 Å². The van der Waals surface area contributed by atoms with E-state index < -0.39 is 12.1 Å². The maximum Gasteiger partial charge on any atom is 0.343 e. The zero-order valence-electron chi connectivity index (χ0n) is 13.4. The lowest BCUT2D eigenvalue weighted by Gasteiger charge is -2.17. The highest BCUT2D eigenvalue weighted by Crippen LogP contribution is 2.49. The minimum absolute atomic E-state index is 0.279. The van der Waals surface area contributed by atoms with Crippen LogP contribution < -0.4 is 19.9 Å². The van der Waals surface area contributed by atoms with E-state index in [0.717, 1.165) is 4.47 Å². The topological polar surface area (TPSA) is 80.0 Å². The average molecular weight is 394 g/mol. The molecule has 0 fully saturated rings. The van der Waals surface area contributed by atoms with Crippen LogP contribution in [0.4, 0.5) is 5.69 Å². The number of fused-ring (bicyclic) bond motifs is 1. The van der Waals surface area contributed by atoms with E-state index in [0.29, 0.717) is 34.1 Å². The van der Waals surface area contributed by atoms with Crippen LogP contribution >= 0.6 is 15.9 Å². The maximum absolute atomic E-state index is 12.5. The zero-order valence-corrected chi connectivity index (χ0v) is 15.0. The van der Waals surface area contributed by atoms with Crippen molar-refractivity contribution in [3.05, 3.63) is 45.4 Å². The number of methoxy groups -OCH3 is 3. The summed E-state index contributed by atoms with van der Waals surface area (Å²) in [5.41, 5.74) is 8.08. The van der Waals surface area contributed by atoms with Crippen LogP contribution in [-0.2, 0) is 4.74 Å². The Hall–Kier alpha value is -2.41. The average Bonchev–Trinajstić information content (AvgIpc) is 2.92. The highest BCUT2D eigenvalue weighted by molar-refractivity contribution is 9.10. The largest absolute Gasteiger partial charge is 0.496 e. The molecule has 1 aliphatic heterocycles. The number of anilines is 1. The van der Waals surface area contributed by atoms with Crippen molar-refractivity contribution in [1.82, 2.24) is 0 Å². The first-order valence-electron chi connectivity index (χ1n) is 7.10. The maximum atomic E-state index is 12.5. The monoisotopic (exact) mass is 393 g/mol. The third-order valence-electron chi connectivity index (χ3n) is 3.91. The first kappa shape index (κ1) is 16.4. The van der Waals surface area contributed by atoms with E-state index in [4.69, 9.17) is 24.7 Å². The van der Waals surface area contributed by atoms with Crippen LogP contribution in [0, 0.1) is 0 Å². The van der Waals surface area contributed by atoms with E-state index in [2.05, 4.69) is 15.9 Å². The van der Waals surface area contributed by atoms with Crippen LogP contribution in [0.15, 0.2) is 28.7 Å². The molecule has 0 radical (unpaired) electrons. The van der Waals surface area contributed by atoms with Gasteiger partial charge in [0.05, 0.1) is 21.3 Å². The Balaban J connectivity index is 2.25. The Morgan fingerprint density at radius 3 is 2.42 bits per heavy atom. The fourth-order valence-electron chi connectivity index (χ4n) is 2.87. The predicted octanol–water partition coefficient (Wildman–Crippen LogP) is 3.32. The van der Waals surface area contributed by atoms with Crippen molar-refractivity contribution in [3.63, 3.8) is 0 Å². The molecule has 3 rings (SSSR count). The molecule has 2 N–H and O–H groups in total. The van der Waals surface area contributed by atoms with E-state index in [1.54, 1.807) is 19.2 Å². The Morgan fingerprint density at radius 1 is 1.08 bits per heavy atom. The van der Waals surface area contributed by atoms with Crippen LogP contribution in [0.3, 0.4) is 0 Å². The molecule has 0 bridgehead atoms. The van der Waals surface area contributed by atoms with Gasteiger partial charge < -0.3 is 24.7 Å². The van der Waals surface area contributed by atoms with Crippen LogP contribution in [0.1, 0.15) is 27.6 Å². The molecule has 1 heterocycles. The minimum atomic E-state index is -0.681. The van der Waals surface area contributed by atoms with E-state index >= 15 is 0 Å². The van der Waals surface area contributed by atoms with Crippen molar-refractivity contribution in [3.8, 4) is 17.2 Å². The second kappa shape index (κ2) is 6.24. The molecule has 126 valence electrons. The van der Waals surface area contributed by atoms with Crippen molar-refractivity contribution in [2.24, 2.45) is 0 Å². The summed E-state index contributed by atoms with van der Waals surface area (Å²) in [5.74, 6) is 0.772. The molecule has 0 aromatic heterocycles. The quantitative estimate of drug-likeness (QED) is 0.633. The molecule has 2 aromatic carbocycles. The summed E-state index contributed by atoms with van der Waals surface area (Å²) in [4.78, 5) is 12.5. The number of halogens is 1. The molecule has 24 heavy (non-hydrogen) atoms. The lowest BCUT2D eigenvalue weighted by molar-refractivity contribution is 0.0451. The summed E-state index contributed by atoms with van der Waals surface area (Å²) in [6.45, 7) is 0. The number of hydrogen-bond donors (Lipinski definition) is 1. The van der Waals surface area contributed by atoms with E-state index in [-0.39, 0.29) is 5.56 Å². The summed E-state index contributed by atoms with van der Waals surface area (Å²) in [7, 11) is 4.51. The third-order valence-corrected chi connectivity index (χ3v) is 4.40. The number of hydrogen-bond acceptors (Lipinski definition) is 6. The summed E-state index contributed by atoms with van der Waals surface area (Å²) in [6, 6.07) is 7.10. The Bertz CT molecular complexity index is 821. The molecule has 1 aliphatic rings. The summed E-state index contributed by atoms with van der Waals surface area (Å²) >= 11 is 3.43. The normalized spacial score (nSPS) is 15.7. The Labute approximate surface area is 147 Å². The first-order chi connectivity index (χ1) is 11.5. The fourth-order valence-corrected chi connectivity index (χ4v) is 3.25. The number of rotatable bonds is 4. The predicted molar refractivity (Wildman–Crippen MR) is 91.9 cm³/mol. The Morgan fingerprint density at radius 2 is 1.79 bits per heavy atom. The molecule has 1 atom stereocenters. The lowest BCUT2D eigenvalue weighted by atomic mass is 9.96. The third kappa shape index (κ3) is 2.45. The standard InChI is InChI=1S/C17H16BrNO5/c1-21-11-5-4-8(18)6-9(11)15-13-10(19)7-12(22-2)16(23-3)14(13)17(20)24-15/h4-7,15H,19H2,1-3H3/t15-/m1/s1. The van der Waals surface area contributed by atoms with Crippen molar-refractivity contribution >= 4 is 27.6 Å². The summed E-state index contributed by atoms with van der Waals surface area (Å²) < 4.78 is 22.4. The first-order valence-corrected chi connectivity index (χ1v) is 7.89. The molecular formula is C17H16BrNO5. The molecule has 0 amide bonds. The minimum Gasteiger partial charge on any atom is -0.496 e. The van der Waals surface area contributed by atoms with Gasteiger partial charge in [-0.3, -0.25) is 0 Å². The molecule has 0 saturated carbocycles. The van der Waals surface area contributed by atoms with Crippen LogP contribution in [0.2, 0.25) is 0 Å². The van der Waals surface area contributed by atoms with E-state index in [1.165, 1.54) is 14.2 Å². The van der Waals surface area contributed by atoms with Gasteiger partial charge in [-0.25, -0.2) is 4.79 Å². The highest BCUT2D eigenvalue weighted by Gasteiger charge is 2.40. The van der Waals surface area contributed by atoms with Gasteiger partial charge in [-0.1, -0.05) is 15.9 Å². The van der Waals surface area contributed by atoms with E-state index in [9.17, 15) is 4.79 Å². The van der Waals surface area contributed by atoms with Crippen molar-refractivity contribution in [2.75, 3.05) is 27.1 Å². The SMILES string of the molecule is COc1ccc(Br)cc1[C@H]1OC(=O)c2c(OC)c(OC)cc(N)c21. The van der Waals surface area contributed by atoms with Gasteiger partial charge in [-0.15, -0.1) is 0 Å². The van der Waals surface area contributed by atoms with Gasteiger partial charge >= 0.3 is 5.97 Å². The van der Waals surface area contributed by atoms with Gasteiger partial charge in [0.1, 0.15) is 11.3 Å². The summed E-state index contributed by atoms with van der Waals surface area (Å²) in [5, 5.41) is 0. The van der Waals surface area contributed by atoms with Gasteiger partial charge in [0.2, 0.25) is 0 Å². The molecule has 0 aliphatic carbocycles. The van der Waals surface area contributed by atoms with Gasteiger partial charge in [0, 0.05) is 27.4 Å². The molecule has 0 saturated heterocycles. The second-order valence-electron chi connectivity index (χ2n) is 5.16. The van der Waals surface area contributed by atoms with E-state index in [1.807, 2.05) is 12.1 Å². The molecule has 0 spiro atoms. The van der Waals surface area contributed by atoms with Gasteiger partial charge in [0.25, 0.3) is 0 Å². The molecule has 2 aromatic rings. The second-order valence-corrected chi connectivity index (χ2v) is 6.08. The summed E-state index contributed by atoms with van der Waals surface area (Å²) in [6.07, 6.45) is -0.681. The number of benzene rings is 2. The van der Waals surface area contributed by atoms with Gasteiger partial charge in [0.15, 0.2) is 17.6 Å². The van der Waals surface area contributed by atoms with Crippen LogP contribution in [-0.4, -0.2) is 27.3 Å². The number of nitrogen functional groups attached to an aromatic ring is 1. The molecule has 0 unspecified atom stereocenters. The lowest BCUT2D eigenvalue weighted by Crippen LogP contribution is -2.06. The number of carbonyl (C=O) groups is 1. The number of esters is 1. The number of nitrogens with two attached hydrogens (primary N) is 1. The van der Waals surface area contributed by atoms with Crippen LogP contribution in [0.5, 0.6) is 17.2 Å². The molecule has 7 heteroatoms. The van der Waals surface area contributed by atoms with Gasteiger partial charge in [-0.05, 0) is 18.2 Å². The van der Waals surface area contributed by atoms with Crippen molar-refractivity contribution in [1.29, 1.82) is 0 Å². The van der Waals surface area contributed by atoms with Crippen LogP contribution in [0.25, 0.3) is 0 Å². The Kier molecular flexibility index (Phi) is 4.28. The number of cyclic esters (lactones) is 1. The number of ether oxygens (including phenoxy) is 4. The number of carbonyl (C=O) groups excluding carboxylic acids is 1. The highest BCUT2D eigenvalue weighted by atomic mass is 79.9. The van der Waals surface area contributed by atoms with Gasteiger partial charge in [-0.2, -0.15) is 0 Å². The smallest absolute Gasteiger partial charge is 0.343 e. The van der Waals surface area contributed by atoms with Crippen molar-refractivity contribution < 1.29 is 23.7 Å². The molecule has 6 nitrogen and oxygen atoms in total. The fraction of sp³-hybridized carbons (Fsp3) is 0.235. The zero-order chi connectivity index (χ0) is 17.4. The molecular weight excluding hydrogens is 378 g/mol.